The van der Waals surface area contributed by atoms with Gasteiger partial charge in [0.05, 0.1) is 0 Å². The maximum Gasteiger partial charge on any atom is 0.145 e. The Kier molecular flexibility index (Phi) is 7.01. The maximum atomic E-state index is 2.44. The summed E-state index contributed by atoms with van der Waals surface area (Å²) in [6.45, 7) is 8.96. The van der Waals surface area contributed by atoms with Gasteiger partial charge in [-0.05, 0) is 0 Å². The van der Waals surface area contributed by atoms with Gasteiger partial charge >= 0.3 is 0 Å². The van der Waals surface area contributed by atoms with E-state index in [0.717, 1.165) is 38.7 Å². The molecule has 0 aliphatic rings. The fraction of sp³-hybridized carbons (Fsp3) is 1.00. The summed E-state index contributed by atoms with van der Waals surface area (Å²) in [7, 11) is 3.71. The highest BCUT2D eigenvalue weighted by Crippen LogP contribution is 1.89. The van der Waals surface area contributed by atoms with Crippen molar-refractivity contribution in [3.63, 3.8) is 0 Å². The van der Waals surface area contributed by atoms with E-state index in [1.807, 2.05) is 0 Å². The van der Waals surface area contributed by atoms with Crippen molar-refractivity contribution < 1.29 is 0 Å². The van der Waals surface area contributed by atoms with Gasteiger partial charge in [0, 0.05) is 0 Å². The van der Waals surface area contributed by atoms with Gasteiger partial charge in [0.2, 0.25) is 0 Å². The van der Waals surface area contributed by atoms with E-state index >= 15 is 0 Å². The van der Waals surface area contributed by atoms with E-state index < -0.39 is 0 Å². The van der Waals surface area contributed by atoms with Crippen LogP contribution in [0.25, 0.3) is 0 Å². The van der Waals surface area contributed by atoms with Gasteiger partial charge in [0.1, 0.15) is 38.7 Å². The smallest absolute Gasteiger partial charge is 0.145 e. The lowest BCUT2D eigenvalue weighted by Gasteiger charge is -2.30. The summed E-state index contributed by atoms with van der Waals surface area (Å²) in [5.41, 5.74) is 0. The molecule has 0 aliphatic heterocycles. The molecule has 0 bridgehead atoms. The van der Waals surface area contributed by atoms with Gasteiger partial charge in [-0.25, -0.2) is 0 Å². The SMILES string of the molecule is C[Si]N([Si]C)N([Si]C)[Si]C. The van der Waals surface area contributed by atoms with Crippen LogP contribution in [0.3, 0.4) is 0 Å². The molecule has 0 aromatic heterocycles. The van der Waals surface area contributed by atoms with Crippen molar-refractivity contribution in [2.45, 2.75) is 26.2 Å². The van der Waals surface area contributed by atoms with E-state index in [9.17, 15) is 0 Å². The summed E-state index contributed by atoms with van der Waals surface area (Å²) < 4.78 is 4.88. The van der Waals surface area contributed by atoms with E-state index in [1.54, 1.807) is 0 Å². The van der Waals surface area contributed by atoms with Crippen molar-refractivity contribution in [3.05, 3.63) is 0 Å². The van der Waals surface area contributed by atoms with Crippen LogP contribution in [0.4, 0.5) is 0 Å². The molecule has 0 rings (SSSR count). The Labute approximate surface area is 73.9 Å². The second-order valence-electron chi connectivity index (χ2n) is 1.52. The number of nitrogens with zero attached hydrogens (tertiary/aromatic N) is 2. The summed E-state index contributed by atoms with van der Waals surface area (Å²) in [5, 5.41) is 0. The van der Waals surface area contributed by atoms with E-state index in [4.69, 9.17) is 0 Å². The molecular formula is C4H12N2Si4. The molecule has 0 amide bonds. The van der Waals surface area contributed by atoms with Crippen molar-refractivity contribution in [1.82, 2.24) is 8.68 Å². The first-order valence-electron chi connectivity index (χ1n) is 3.09. The van der Waals surface area contributed by atoms with Gasteiger partial charge in [0.15, 0.2) is 0 Å². The van der Waals surface area contributed by atoms with Gasteiger partial charge in [0.25, 0.3) is 0 Å². The number of hydrogen-bond acceptors (Lipinski definition) is 2. The van der Waals surface area contributed by atoms with Gasteiger partial charge in [-0.3, -0.25) is 8.68 Å². The minimum absolute atomic E-state index is 0.928. The summed E-state index contributed by atoms with van der Waals surface area (Å²) in [4.78, 5) is 0. The Morgan fingerprint density at radius 1 is 0.600 bits per heavy atom. The molecule has 6 heteroatoms. The van der Waals surface area contributed by atoms with Crippen LogP contribution in [0.5, 0.6) is 0 Å². The molecule has 0 aromatic carbocycles. The molecule has 54 valence electrons. The summed E-state index contributed by atoms with van der Waals surface area (Å²) >= 11 is 0. The van der Waals surface area contributed by atoms with Crippen molar-refractivity contribution >= 4 is 38.7 Å². The van der Waals surface area contributed by atoms with Crippen LogP contribution < -0.4 is 0 Å². The predicted octanol–water partition coefficient (Wildman–Crippen LogP) is 0.175. The molecule has 2 nitrogen and oxygen atoms in total. The molecule has 8 radical (unpaired) electrons. The number of hydrogen-bond donors (Lipinski definition) is 0. The summed E-state index contributed by atoms with van der Waals surface area (Å²) in [6, 6.07) is 0. The second-order valence-corrected chi connectivity index (χ2v) is 5.90. The van der Waals surface area contributed by atoms with Crippen LogP contribution in [-0.2, 0) is 0 Å². The van der Waals surface area contributed by atoms with E-state index in [-0.39, 0.29) is 0 Å². The zero-order valence-electron chi connectivity index (χ0n) is 6.89. The third-order valence-corrected chi connectivity index (χ3v) is 7.02. The number of hydrazine groups is 1. The molecule has 10 heavy (non-hydrogen) atoms. The van der Waals surface area contributed by atoms with Crippen LogP contribution in [0.15, 0.2) is 0 Å². The Balaban J connectivity index is 3.70. The Morgan fingerprint density at radius 2 is 0.800 bits per heavy atom. The summed E-state index contributed by atoms with van der Waals surface area (Å²) in [5.74, 6) is 0. The first-order valence-corrected chi connectivity index (χ1v) is 8.88. The highest BCUT2D eigenvalue weighted by Gasteiger charge is 2.08. The highest BCUT2D eigenvalue weighted by molar-refractivity contribution is 6.56. The van der Waals surface area contributed by atoms with E-state index in [0.29, 0.717) is 0 Å². The van der Waals surface area contributed by atoms with Crippen molar-refractivity contribution in [2.24, 2.45) is 0 Å². The average Bonchev–Trinajstić information content (AvgIpc) is 2.00. The van der Waals surface area contributed by atoms with Crippen LogP contribution in [0, 0.1) is 0 Å². The molecule has 0 N–H and O–H groups in total. The molecule has 0 spiro atoms. The van der Waals surface area contributed by atoms with Gasteiger partial charge < -0.3 is 0 Å². The third-order valence-electron chi connectivity index (χ3n) is 1.05. The number of rotatable bonds is 5. The van der Waals surface area contributed by atoms with E-state index in [1.165, 1.54) is 0 Å². The fourth-order valence-electron chi connectivity index (χ4n) is 0.624. The maximum absolute atomic E-state index is 2.44. The summed E-state index contributed by atoms with van der Waals surface area (Å²) in [6.07, 6.45) is 0. The van der Waals surface area contributed by atoms with Crippen LogP contribution in [0.1, 0.15) is 0 Å². The van der Waals surface area contributed by atoms with Crippen LogP contribution >= 0.6 is 0 Å². The lowest BCUT2D eigenvalue weighted by molar-refractivity contribution is 0.430. The second kappa shape index (κ2) is 6.49. The normalized spacial score (nSPS) is 11.4. The molecule has 0 saturated carbocycles. The van der Waals surface area contributed by atoms with Gasteiger partial charge in [-0.15, -0.1) is 0 Å². The molecule has 0 aliphatic carbocycles. The van der Waals surface area contributed by atoms with E-state index in [2.05, 4.69) is 34.9 Å². The molecule has 0 aromatic rings. The zero-order chi connectivity index (χ0) is 7.98. The minimum Gasteiger partial charge on any atom is -0.299 e. The molecule has 0 unspecified atom stereocenters. The predicted molar refractivity (Wildman–Crippen MR) is 50.2 cm³/mol. The van der Waals surface area contributed by atoms with Gasteiger partial charge in [-0.1, -0.05) is 26.2 Å². The topological polar surface area (TPSA) is 6.48 Å². The molecular weight excluding hydrogens is 188 g/mol. The third kappa shape index (κ3) is 3.26. The molecule has 0 saturated heterocycles. The largest absolute Gasteiger partial charge is 0.299 e. The molecule has 0 atom stereocenters. The van der Waals surface area contributed by atoms with Crippen LogP contribution in [-0.4, -0.2) is 47.4 Å². The standard InChI is InChI=1S/C4H12N2Si4/c1-7-5(8-2)6(9-3)10-4/h1-4H3. The Morgan fingerprint density at radius 3 is 0.900 bits per heavy atom. The molecule has 0 fully saturated rings. The van der Waals surface area contributed by atoms with Crippen molar-refractivity contribution in [2.75, 3.05) is 0 Å². The first kappa shape index (κ1) is 10.8. The first-order chi connectivity index (χ1) is 4.79. The monoisotopic (exact) mass is 200 g/mol. The average molecular weight is 200 g/mol. The van der Waals surface area contributed by atoms with Crippen molar-refractivity contribution in [3.8, 4) is 0 Å². The highest BCUT2D eigenvalue weighted by atomic mass is 28.3. The fourth-order valence-corrected chi connectivity index (χ4v) is 5.61. The Bertz CT molecular complexity index is 63.7. The lowest BCUT2D eigenvalue weighted by atomic mass is 11.9. The van der Waals surface area contributed by atoms with Gasteiger partial charge in [-0.2, -0.15) is 0 Å². The quantitative estimate of drug-likeness (QED) is 0.461. The van der Waals surface area contributed by atoms with Crippen molar-refractivity contribution in [1.29, 1.82) is 0 Å². The molecule has 0 heterocycles. The van der Waals surface area contributed by atoms with Crippen LogP contribution in [0.2, 0.25) is 26.2 Å². The zero-order valence-corrected chi connectivity index (χ0v) is 10.9. The minimum atomic E-state index is 0.928. The lowest BCUT2D eigenvalue weighted by Crippen LogP contribution is -2.48. The Hall–Kier alpha value is 0.788.